The first-order valence-electron chi connectivity index (χ1n) is 10.4. The van der Waals surface area contributed by atoms with Crippen LogP contribution in [-0.4, -0.2) is 61.0 Å². The van der Waals surface area contributed by atoms with Crippen molar-refractivity contribution in [2.24, 2.45) is 5.92 Å². The van der Waals surface area contributed by atoms with Gasteiger partial charge in [0.05, 0.1) is 24.7 Å². The van der Waals surface area contributed by atoms with E-state index in [-0.39, 0.29) is 17.3 Å². The summed E-state index contributed by atoms with van der Waals surface area (Å²) in [6, 6.07) is 0. The van der Waals surface area contributed by atoms with Crippen molar-refractivity contribution in [1.29, 1.82) is 0 Å². The molecule has 2 heterocycles. The van der Waals surface area contributed by atoms with Crippen LogP contribution < -0.4 is 0 Å². The van der Waals surface area contributed by atoms with E-state index in [1.54, 1.807) is 26.0 Å². The van der Waals surface area contributed by atoms with Gasteiger partial charge in [-0.2, -0.15) is 0 Å². The number of carbonyl (C=O) groups is 4. The summed E-state index contributed by atoms with van der Waals surface area (Å²) in [7, 11) is 1.20. The number of hydrogen-bond donors (Lipinski definition) is 0. The third kappa shape index (κ3) is 4.48. The highest BCUT2D eigenvalue weighted by Crippen LogP contribution is 2.41. The first-order valence-corrected chi connectivity index (χ1v) is 10.4. The lowest BCUT2D eigenvalue weighted by atomic mass is 9.83. The van der Waals surface area contributed by atoms with E-state index in [0.717, 1.165) is 5.57 Å². The molecule has 3 aliphatic rings. The van der Waals surface area contributed by atoms with Gasteiger partial charge >= 0.3 is 23.9 Å². The van der Waals surface area contributed by atoms with Crippen molar-refractivity contribution in [3.05, 3.63) is 35.5 Å². The fourth-order valence-electron chi connectivity index (χ4n) is 3.98. The van der Waals surface area contributed by atoms with Crippen LogP contribution in [0.5, 0.6) is 0 Å². The summed E-state index contributed by atoms with van der Waals surface area (Å²) in [6.45, 7) is 10.2. The van der Waals surface area contributed by atoms with Crippen molar-refractivity contribution in [2.45, 2.75) is 70.6 Å². The molecule has 0 N–H and O–H groups in total. The molecule has 3 rings (SSSR count). The molecule has 2 aliphatic heterocycles. The standard InChI is InChI=1S/C23H28O9/c1-11-8-7-9-15(21(26)28-6)18(29-14(4)24)19(31-22(27)23(5)13(3)32-23)17-12(2)20(25)30-16(17)10-11/h9-10,13,16-19H,2,7-8H2,1,3-6H3/b11-10-,15-9+/t13-,16-,17+,18+,19?,23-/m1/s1. The summed E-state index contributed by atoms with van der Waals surface area (Å²) in [5.74, 6) is -3.70. The van der Waals surface area contributed by atoms with Gasteiger partial charge in [-0.05, 0) is 39.7 Å². The quantitative estimate of drug-likeness (QED) is 0.209. The van der Waals surface area contributed by atoms with E-state index in [0.29, 0.717) is 12.8 Å². The Bertz CT molecular complexity index is 914. The van der Waals surface area contributed by atoms with Crippen LogP contribution >= 0.6 is 0 Å². The van der Waals surface area contributed by atoms with Gasteiger partial charge in [-0.15, -0.1) is 0 Å². The smallest absolute Gasteiger partial charge is 0.341 e. The van der Waals surface area contributed by atoms with E-state index < -0.39 is 53.7 Å². The lowest BCUT2D eigenvalue weighted by Gasteiger charge is -2.33. The molecule has 0 saturated carbocycles. The number of methoxy groups -OCH3 is 1. The van der Waals surface area contributed by atoms with Crippen LogP contribution in [0, 0.1) is 5.92 Å². The Morgan fingerprint density at radius 2 is 1.91 bits per heavy atom. The summed E-state index contributed by atoms with van der Waals surface area (Å²) in [5, 5.41) is 0. The van der Waals surface area contributed by atoms with E-state index in [4.69, 9.17) is 23.7 Å². The van der Waals surface area contributed by atoms with Gasteiger partial charge in [0.25, 0.3) is 0 Å². The minimum absolute atomic E-state index is 0.0102. The first kappa shape index (κ1) is 23.7. The summed E-state index contributed by atoms with van der Waals surface area (Å²) < 4.78 is 27.1. The van der Waals surface area contributed by atoms with Crippen molar-refractivity contribution in [3.8, 4) is 0 Å². The Labute approximate surface area is 186 Å². The molecule has 0 spiro atoms. The molecule has 9 heteroatoms. The molecular weight excluding hydrogens is 420 g/mol. The Hall–Kier alpha value is -2.94. The fraction of sp³-hybridized carbons (Fsp3) is 0.565. The summed E-state index contributed by atoms with van der Waals surface area (Å²) in [6.07, 6.45) is 0.540. The maximum atomic E-state index is 13.0. The molecule has 1 aliphatic carbocycles. The number of epoxide rings is 1. The van der Waals surface area contributed by atoms with Gasteiger partial charge in [0.15, 0.2) is 17.8 Å². The second kappa shape index (κ2) is 8.90. The number of allylic oxidation sites excluding steroid dienone is 2. The number of ether oxygens (including phenoxy) is 5. The van der Waals surface area contributed by atoms with Crippen LogP contribution in [0.3, 0.4) is 0 Å². The zero-order valence-corrected chi connectivity index (χ0v) is 18.8. The zero-order valence-electron chi connectivity index (χ0n) is 18.8. The molecule has 2 fully saturated rings. The van der Waals surface area contributed by atoms with Gasteiger partial charge < -0.3 is 23.7 Å². The first-order chi connectivity index (χ1) is 15.0. The maximum absolute atomic E-state index is 13.0. The number of carbonyl (C=O) groups excluding carboxylic acids is 4. The summed E-state index contributed by atoms with van der Waals surface area (Å²) in [5.41, 5.74) is -0.216. The molecule has 0 radical (unpaired) electrons. The Kier molecular flexibility index (Phi) is 6.59. The third-order valence-corrected chi connectivity index (χ3v) is 6.07. The highest BCUT2D eigenvalue weighted by Gasteiger charge is 2.59. The molecule has 0 aromatic heterocycles. The van der Waals surface area contributed by atoms with Gasteiger partial charge in [-0.3, -0.25) is 4.79 Å². The van der Waals surface area contributed by atoms with Crippen LogP contribution in [0.2, 0.25) is 0 Å². The average Bonchev–Trinajstić information content (AvgIpc) is 3.25. The largest absolute Gasteiger partial charge is 0.466 e. The van der Waals surface area contributed by atoms with Gasteiger partial charge in [-0.1, -0.05) is 18.2 Å². The molecule has 0 amide bonds. The Morgan fingerprint density at radius 3 is 2.47 bits per heavy atom. The number of hydrogen-bond acceptors (Lipinski definition) is 9. The van der Waals surface area contributed by atoms with Gasteiger partial charge in [-0.25, -0.2) is 14.4 Å². The lowest BCUT2D eigenvalue weighted by Crippen LogP contribution is -2.47. The monoisotopic (exact) mass is 448 g/mol. The Morgan fingerprint density at radius 1 is 1.25 bits per heavy atom. The molecule has 0 bridgehead atoms. The van der Waals surface area contributed by atoms with E-state index in [1.807, 2.05) is 6.92 Å². The molecule has 9 nitrogen and oxygen atoms in total. The maximum Gasteiger partial charge on any atom is 0.341 e. The minimum Gasteiger partial charge on any atom is -0.466 e. The van der Waals surface area contributed by atoms with Crippen LogP contribution in [0.4, 0.5) is 0 Å². The molecule has 174 valence electrons. The van der Waals surface area contributed by atoms with Gasteiger partial charge in [0, 0.05) is 12.5 Å². The normalized spacial score (nSPS) is 37.6. The third-order valence-electron chi connectivity index (χ3n) is 6.07. The number of rotatable bonds is 4. The van der Waals surface area contributed by atoms with Crippen LogP contribution in [0.15, 0.2) is 35.5 Å². The van der Waals surface area contributed by atoms with Crippen LogP contribution in [0.1, 0.15) is 40.5 Å². The van der Waals surface area contributed by atoms with Crippen LogP contribution in [0.25, 0.3) is 0 Å². The van der Waals surface area contributed by atoms with Gasteiger partial charge in [0.2, 0.25) is 0 Å². The minimum atomic E-state index is -1.34. The summed E-state index contributed by atoms with van der Waals surface area (Å²) >= 11 is 0. The second-order valence-electron chi connectivity index (χ2n) is 8.39. The molecule has 0 aromatic rings. The van der Waals surface area contributed by atoms with Crippen LogP contribution in [-0.2, 0) is 42.9 Å². The van der Waals surface area contributed by atoms with Crippen molar-refractivity contribution < 1.29 is 42.9 Å². The predicted molar refractivity (Wildman–Crippen MR) is 110 cm³/mol. The van der Waals surface area contributed by atoms with E-state index in [2.05, 4.69) is 6.58 Å². The molecular formula is C23H28O9. The van der Waals surface area contributed by atoms with Crippen molar-refractivity contribution >= 4 is 23.9 Å². The zero-order chi connectivity index (χ0) is 23.8. The molecule has 2 saturated heterocycles. The number of esters is 4. The lowest BCUT2D eigenvalue weighted by molar-refractivity contribution is -0.173. The summed E-state index contributed by atoms with van der Waals surface area (Å²) in [4.78, 5) is 50.0. The van der Waals surface area contributed by atoms with Crippen molar-refractivity contribution in [2.75, 3.05) is 7.11 Å². The van der Waals surface area contributed by atoms with E-state index in [1.165, 1.54) is 14.0 Å². The highest BCUT2D eigenvalue weighted by atomic mass is 16.7. The molecule has 1 unspecified atom stereocenters. The van der Waals surface area contributed by atoms with E-state index >= 15 is 0 Å². The average molecular weight is 448 g/mol. The second-order valence-corrected chi connectivity index (χ2v) is 8.39. The molecule has 6 atom stereocenters. The van der Waals surface area contributed by atoms with E-state index in [9.17, 15) is 19.2 Å². The van der Waals surface area contributed by atoms with Crippen molar-refractivity contribution in [1.82, 2.24) is 0 Å². The number of fused-ring (bicyclic) bond motifs is 1. The predicted octanol–water partition coefficient (Wildman–Crippen LogP) is 1.94. The van der Waals surface area contributed by atoms with Gasteiger partial charge in [0.1, 0.15) is 6.10 Å². The fourth-order valence-corrected chi connectivity index (χ4v) is 3.98. The SMILES string of the molecule is C=C1C(=O)O[C@@H]2/C=C(/C)CC/C=C(/C(=O)OC)[C@H](OC(C)=O)C(OC(=O)[C@]3(C)O[C@@H]3C)[C@@H]12. The van der Waals surface area contributed by atoms with Crippen molar-refractivity contribution in [3.63, 3.8) is 0 Å². The topological polar surface area (TPSA) is 118 Å². The molecule has 32 heavy (non-hydrogen) atoms. The Balaban J connectivity index is 2.14. The molecule has 0 aromatic carbocycles. The highest BCUT2D eigenvalue weighted by molar-refractivity contribution is 5.93.